The highest BCUT2D eigenvalue weighted by molar-refractivity contribution is 5.63. The fourth-order valence-electron chi connectivity index (χ4n) is 1.71. The normalized spacial score (nSPS) is 12.5. The van der Waals surface area contributed by atoms with Crippen LogP contribution in [-0.2, 0) is 0 Å². The van der Waals surface area contributed by atoms with Gasteiger partial charge >= 0.3 is 0 Å². The maximum absolute atomic E-state index is 10.9. The average Bonchev–Trinajstić information content (AvgIpc) is 2.26. The van der Waals surface area contributed by atoms with E-state index in [-0.39, 0.29) is 16.7 Å². The number of hydrogen-bond donors (Lipinski definition) is 1. The summed E-state index contributed by atoms with van der Waals surface area (Å²) in [7, 11) is 4.03. The molecule has 0 heterocycles. The molecule has 18 heavy (non-hydrogen) atoms. The summed E-state index contributed by atoms with van der Waals surface area (Å²) in [5.74, 6) is 0. The first-order valence-corrected chi connectivity index (χ1v) is 6.06. The topological polar surface area (TPSA) is 58.4 Å². The molecule has 0 bridgehead atoms. The number of nitrogens with zero attached hydrogens (tertiary/aromatic N) is 2. The fourth-order valence-corrected chi connectivity index (χ4v) is 1.71. The lowest BCUT2D eigenvalue weighted by Gasteiger charge is -2.18. The van der Waals surface area contributed by atoms with Crippen molar-refractivity contribution >= 4 is 11.4 Å². The van der Waals surface area contributed by atoms with Gasteiger partial charge in [-0.1, -0.05) is 6.07 Å². The molecule has 0 aliphatic heterocycles. The van der Waals surface area contributed by atoms with Gasteiger partial charge in [0.1, 0.15) is 5.69 Å². The molecule has 1 unspecified atom stereocenters. The SMILES string of the molecule is Cc1ccc([N+](=O)[O-])c(NC(C)CCN(C)C)c1. The number of aryl methyl sites for hydroxylation is 1. The standard InChI is InChI=1S/C13H21N3O2/c1-10-5-6-13(16(17)18)12(9-10)14-11(2)7-8-15(3)4/h5-6,9,11,14H,7-8H2,1-4H3. The Bertz CT molecular complexity index is 419. The van der Waals surface area contributed by atoms with Crippen LogP contribution in [0.3, 0.4) is 0 Å². The molecule has 1 atom stereocenters. The molecular formula is C13H21N3O2. The zero-order chi connectivity index (χ0) is 13.7. The van der Waals surface area contributed by atoms with Gasteiger partial charge in [-0.2, -0.15) is 0 Å². The molecule has 0 radical (unpaired) electrons. The Morgan fingerprint density at radius 3 is 2.67 bits per heavy atom. The van der Waals surface area contributed by atoms with Crippen LogP contribution in [-0.4, -0.2) is 36.5 Å². The van der Waals surface area contributed by atoms with E-state index in [0.29, 0.717) is 5.69 Å². The molecule has 0 aliphatic rings. The van der Waals surface area contributed by atoms with E-state index in [9.17, 15) is 10.1 Å². The minimum absolute atomic E-state index is 0.136. The van der Waals surface area contributed by atoms with Gasteiger partial charge in [0.15, 0.2) is 0 Å². The Labute approximate surface area is 108 Å². The lowest BCUT2D eigenvalue weighted by atomic mass is 10.1. The van der Waals surface area contributed by atoms with Gasteiger partial charge in [-0.05, 0) is 52.5 Å². The minimum atomic E-state index is -0.347. The van der Waals surface area contributed by atoms with Crippen LogP contribution < -0.4 is 5.32 Å². The van der Waals surface area contributed by atoms with Crippen molar-refractivity contribution in [3.63, 3.8) is 0 Å². The Hall–Kier alpha value is -1.62. The largest absolute Gasteiger partial charge is 0.377 e. The molecule has 1 N–H and O–H groups in total. The van der Waals surface area contributed by atoms with Gasteiger partial charge < -0.3 is 10.2 Å². The molecule has 0 aromatic heterocycles. The number of benzene rings is 1. The molecule has 0 amide bonds. The van der Waals surface area contributed by atoms with Crippen LogP contribution in [0, 0.1) is 17.0 Å². The summed E-state index contributed by atoms with van der Waals surface area (Å²) < 4.78 is 0. The van der Waals surface area contributed by atoms with Crippen LogP contribution in [0.5, 0.6) is 0 Å². The van der Waals surface area contributed by atoms with E-state index < -0.39 is 0 Å². The molecule has 0 saturated heterocycles. The lowest BCUT2D eigenvalue weighted by molar-refractivity contribution is -0.384. The van der Waals surface area contributed by atoms with Crippen molar-refractivity contribution in [2.75, 3.05) is 26.0 Å². The highest BCUT2D eigenvalue weighted by Crippen LogP contribution is 2.26. The Kier molecular flexibility index (Phi) is 5.09. The molecule has 0 fully saturated rings. The number of anilines is 1. The van der Waals surface area contributed by atoms with E-state index in [2.05, 4.69) is 10.2 Å². The zero-order valence-corrected chi connectivity index (χ0v) is 11.4. The Balaban J connectivity index is 2.76. The summed E-state index contributed by atoms with van der Waals surface area (Å²) in [5.41, 5.74) is 1.76. The number of rotatable bonds is 6. The summed E-state index contributed by atoms with van der Waals surface area (Å²) in [5, 5.41) is 14.2. The third-order valence-corrected chi connectivity index (χ3v) is 2.76. The summed E-state index contributed by atoms with van der Waals surface area (Å²) in [6, 6.07) is 5.34. The fraction of sp³-hybridized carbons (Fsp3) is 0.538. The first-order chi connectivity index (χ1) is 8.40. The van der Waals surface area contributed by atoms with Crippen molar-refractivity contribution in [3.05, 3.63) is 33.9 Å². The van der Waals surface area contributed by atoms with Crippen LogP contribution in [0.15, 0.2) is 18.2 Å². The highest BCUT2D eigenvalue weighted by Gasteiger charge is 2.15. The lowest BCUT2D eigenvalue weighted by Crippen LogP contribution is -2.23. The van der Waals surface area contributed by atoms with Gasteiger partial charge in [0.25, 0.3) is 5.69 Å². The predicted octanol–water partition coefficient (Wildman–Crippen LogP) is 2.66. The first-order valence-electron chi connectivity index (χ1n) is 6.06. The van der Waals surface area contributed by atoms with Gasteiger partial charge in [-0.3, -0.25) is 10.1 Å². The number of hydrogen-bond acceptors (Lipinski definition) is 4. The monoisotopic (exact) mass is 251 g/mol. The van der Waals surface area contributed by atoms with E-state index in [1.807, 2.05) is 34.0 Å². The quantitative estimate of drug-likeness (QED) is 0.623. The van der Waals surface area contributed by atoms with Crippen molar-refractivity contribution in [2.24, 2.45) is 0 Å². The molecule has 0 spiro atoms. The van der Waals surface area contributed by atoms with Crippen LogP contribution in [0.1, 0.15) is 18.9 Å². The molecule has 1 rings (SSSR count). The third kappa shape index (κ3) is 4.33. The van der Waals surface area contributed by atoms with E-state index in [1.165, 1.54) is 0 Å². The molecule has 5 nitrogen and oxygen atoms in total. The maximum Gasteiger partial charge on any atom is 0.292 e. The number of nitrogens with one attached hydrogen (secondary N) is 1. The van der Waals surface area contributed by atoms with E-state index >= 15 is 0 Å². The molecule has 1 aromatic carbocycles. The van der Waals surface area contributed by atoms with Gasteiger partial charge in [0, 0.05) is 12.1 Å². The van der Waals surface area contributed by atoms with Gasteiger partial charge in [-0.25, -0.2) is 0 Å². The van der Waals surface area contributed by atoms with Crippen LogP contribution in [0.4, 0.5) is 11.4 Å². The van der Waals surface area contributed by atoms with Gasteiger partial charge in [-0.15, -0.1) is 0 Å². The van der Waals surface area contributed by atoms with E-state index in [0.717, 1.165) is 18.5 Å². The predicted molar refractivity (Wildman–Crippen MR) is 74.1 cm³/mol. The first kappa shape index (κ1) is 14.4. The van der Waals surface area contributed by atoms with Crippen molar-refractivity contribution in [2.45, 2.75) is 26.3 Å². The van der Waals surface area contributed by atoms with E-state index in [1.54, 1.807) is 12.1 Å². The second-order valence-corrected chi connectivity index (χ2v) is 4.92. The smallest absolute Gasteiger partial charge is 0.292 e. The molecule has 1 aromatic rings. The van der Waals surface area contributed by atoms with Crippen molar-refractivity contribution in [3.8, 4) is 0 Å². The Morgan fingerprint density at radius 1 is 1.44 bits per heavy atom. The van der Waals surface area contributed by atoms with Crippen molar-refractivity contribution in [1.29, 1.82) is 0 Å². The van der Waals surface area contributed by atoms with Gasteiger partial charge in [0.05, 0.1) is 4.92 Å². The second-order valence-electron chi connectivity index (χ2n) is 4.92. The van der Waals surface area contributed by atoms with Crippen molar-refractivity contribution < 1.29 is 4.92 Å². The van der Waals surface area contributed by atoms with Gasteiger partial charge in [0.2, 0.25) is 0 Å². The average molecular weight is 251 g/mol. The minimum Gasteiger partial charge on any atom is -0.377 e. The summed E-state index contributed by atoms with van der Waals surface area (Å²) in [6.07, 6.45) is 0.943. The number of nitro benzene ring substituents is 1. The summed E-state index contributed by atoms with van der Waals surface area (Å²) in [4.78, 5) is 12.7. The molecule has 5 heteroatoms. The van der Waals surface area contributed by atoms with Crippen LogP contribution in [0.25, 0.3) is 0 Å². The zero-order valence-electron chi connectivity index (χ0n) is 11.4. The summed E-state index contributed by atoms with van der Waals surface area (Å²) >= 11 is 0. The summed E-state index contributed by atoms with van der Waals surface area (Å²) in [6.45, 7) is 4.92. The highest BCUT2D eigenvalue weighted by atomic mass is 16.6. The van der Waals surface area contributed by atoms with Crippen LogP contribution >= 0.6 is 0 Å². The second kappa shape index (κ2) is 6.35. The molecule has 100 valence electrons. The molecular weight excluding hydrogens is 230 g/mol. The van der Waals surface area contributed by atoms with Crippen LogP contribution in [0.2, 0.25) is 0 Å². The third-order valence-electron chi connectivity index (χ3n) is 2.76. The Morgan fingerprint density at radius 2 is 2.11 bits per heavy atom. The number of nitro groups is 1. The van der Waals surface area contributed by atoms with E-state index in [4.69, 9.17) is 0 Å². The maximum atomic E-state index is 10.9. The molecule has 0 saturated carbocycles. The molecule has 0 aliphatic carbocycles. The van der Waals surface area contributed by atoms with Crippen molar-refractivity contribution in [1.82, 2.24) is 4.90 Å².